The summed E-state index contributed by atoms with van der Waals surface area (Å²) in [5.74, 6) is 0. The van der Waals surface area contributed by atoms with Crippen molar-refractivity contribution in [3.63, 3.8) is 0 Å². The summed E-state index contributed by atoms with van der Waals surface area (Å²) in [4.78, 5) is 22.7. The molecule has 0 fully saturated rings. The minimum absolute atomic E-state index is 0.0359. The summed E-state index contributed by atoms with van der Waals surface area (Å²) in [5, 5.41) is 0. The average molecular weight is 307 g/mol. The van der Waals surface area contributed by atoms with E-state index in [1.807, 2.05) is 11.3 Å². The van der Waals surface area contributed by atoms with Crippen LogP contribution in [-0.4, -0.2) is 21.4 Å². The number of fused-ring (bicyclic) bond motifs is 1. The zero-order chi connectivity index (χ0) is 14.3. The fraction of sp³-hybridized carbons (Fsp3) is 0.429. The smallest absolute Gasteiger partial charge is 0.255 e. The fourth-order valence-electron chi connectivity index (χ4n) is 2.61. The molecular weight excluding hydrogens is 290 g/mol. The lowest BCUT2D eigenvalue weighted by molar-refractivity contribution is 0.242. The number of hydrogen-bond acceptors (Lipinski definition) is 4. The largest absolute Gasteiger partial charge is 0.334 e. The van der Waals surface area contributed by atoms with Gasteiger partial charge in [-0.3, -0.25) is 14.7 Å². The Labute approximate surface area is 126 Å². The Hall–Kier alpha value is -1.24. The maximum Gasteiger partial charge on any atom is 0.255 e. The Morgan fingerprint density at radius 1 is 1.40 bits per heavy atom. The predicted octanol–water partition coefficient (Wildman–Crippen LogP) is 2.67. The van der Waals surface area contributed by atoms with E-state index in [9.17, 15) is 4.79 Å². The van der Waals surface area contributed by atoms with Crippen molar-refractivity contribution in [2.45, 2.75) is 33.4 Å². The molecule has 0 radical (unpaired) electrons. The van der Waals surface area contributed by atoms with Gasteiger partial charge in [0, 0.05) is 40.6 Å². The monoisotopic (exact) mass is 307 g/mol. The van der Waals surface area contributed by atoms with Gasteiger partial charge in [0.1, 0.15) is 0 Å². The van der Waals surface area contributed by atoms with E-state index >= 15 is 0 Å². The molecule has 2 N–H and O–H groups in total. The van der Waals surface area contributed by atoms with Gasteiger partial charge in [0.05, 0.1) is 0 Å². The maximum absolute atomic E-state index is 11.8. The van der Waals surface area contributed by atoms with E-state index in [0.29, 0.717) is 4.77 Å². The third kappa shape index (κ3) is 2.63. The molecule has 2 aromatic heterocycles. The minimum Gasteiger partial charge on any atom is -0.334 e. The molecule has 0 spiro atoms. The van der Waals surface area contributed by atoms with E-state index in [2.05, 4.69) is 34.8 Å². The molecule has 0 atom stereocenters. The Kier molecular flexibility index (Phi) is 3.62. The molecule has 106 valence electrons. The van der Waals surface area contributed by atoms with Crippen LogP contribution in [0.5, 0.6) is 0 Å². The quantitative estimate of drug-likeness (QED) is 0.839. The van der Waals surface area contributed by atoms with E-state index in [0.717, 1.165) is 37.3 Å². The van der Waals surface area contributed by atoms with Crippen LogP contribution in [0.1, 0.15) is 26.6 Å². The molecule has 4 nitrogen and oxygen atoms in total. The van der Waals surface area contributed by atoms with E-state index in [1.165, 1.54) is 15.3 Å². The molecule has 0 aromatic carbocycles. The van der Waals surface area contributed by atoms with Crippen molar-refractivity contribution in [2.24, 2.45) is 0 Å². The van der Waals surface area contributed by atoms with Crippen LogP contribution in [0.15, 0.2) is 10.9 Å². The van der Waals surface area contributed by atoms with Crippen LogP contribution in [0.3, 0.4) is 0 Å². The molecule has 6 heteroatoms. The third-order valence-electron chi connectivity index (χ3n) is 3.79. The van der Waals surface area contributed by atoms with E-state index in [-0.39, 0.29) is 5.56 Å². The summed E-state index contributed by atoms with van der Waals surface area (Å²) in [5.41, 5.74) is 3.15. The van der Waals surface area contributed by atoms with E-state index < -0.39 is 0 Å². The number of hydrogen-bond donors (Lipinski definition) is 2. The summed E-state index contributed by atoms with van der Waals surface area (Å²) >= 11 is 6.90. The molecule has 0 saturated carbocycles. The molecule has 0 aliphatic carbocycles. The zero-order valence-electron chi connectivity index (χ0n) is 11.6. The molecule has 20 heavy (non-hydrogen) atoms. The zero-order valence-corrected chi connectivity index (χ0v) is 13.2. The first-order valence-electron chi connectivity index (χ1n) is 6.65. The molecule has 1 aliphatic heterocycles. The molecule has 0 saturated heterocycles. The number of aromatic nitrogens is 2. The van der Waals surface area contributed by atoms with Crippen molar-refractivity contribution in [3.8, 4) is 0 Å². The van der Waals surface area contributed by atoms with Gasteiger partial charge in [0.25, 0.3) is 5.56 Å². The van der Waals surface area contributed by atoms with Crippen molar-refractivity contribution in [1.82, 2.24) is 14.9 Å². The minimum atomic E-state index is -0.0359. The van der Waals surface area contributed by atoms with Crippen LogP contribution >= 0.6 is 23.6 Å². The second-order valence-electron chi connectivity index (χ2n) is 5.28. The fourth-order valence-corrected chi connectivity index (χ4v) is 3.93. The number of aryl methyl sites for hydroxylation is 2. The van der Waals surface area contributed by atoms with Crippen molar-refractivity contribution in [2.75, 3.05) is 6.54 Å². The number of rotatable bonds is 2. The van der Waals surface area contributed by atoms with Gasteiger partial charge in [-0.1, -0.05) is 0 Å². The maximum atomic E-state index is 11.8. The Bertz CT molecular complexity index is 737. The van der Waals surface area contributed by atoms with Gasteiger partial charge >= 0.3 is 0 Å². The first-order valence-corrected chi connectivity index (χ1v) is 7.88. The van der Waals surface area contributed by atoms with Crippen LogP contribution < -0.4 is 5.56 Å². The predicted molar refractivity (Wildman–Crippen MR) is 83.9 cm³/mol. The van der Waals surface area contributed by atoms with Gasteiger partial charge in [0.2, 0.25) is 0 Å². The Morgan fingerprint density at radius 3 is 2.90 bits per heavy atom. The number of H-pyrrole nitrogens is 2. The van der Waals surface area contributed by atoms with Crippen molar-refractivity contribution >= 4 is 23.6 Å². The summed E-state index contributed by atoms with van der Waals surface area (Å²) in [6.45, 7) is 6.92. The van der Waals surface area contributed by atoms with Crippen molar-refractivity contribution < 1.29 is 0 Å². The summed E-state index contributed by atoms with van der Waals surface area (Å²) < 4.78 is 0.415. The number of aromatic amines is 2. The van der Waals surface area contributed by atoms with Gasteiger partial charge in [-0.25, -0.2) is 0 Å². The Morgan fingerprint density at radius 2 is 2.20 bits per heavy atom. The molecule has 0 unspecified atom stereocenters. The van der Waals surface area contributed by atoms with Crippen LogP contribution in [0.25, 0.3) is 0 Å². The van der Waals surface area contributed by atoms with Crippen LogP contribution in [0, 0.1) is 18.6 Å². The van der Waals surface area contributed by atoms with Gasteiger partial charge in [-0.15, -0.1) is 11.3 Å². The van der Waals surface area contributed by atoms with Crippen molar-refractivity contribution in [3.05, 3.63) is 47.8 Å². The Balaban J connectivity index is 1.82. The number of nitrogens with one attached hydrogen (secondary N) is 2. The molecule has 3 heterocycles. The summed E-state index contributed by atoms with van der Waals surface area (Å²) in [6, 6.07) is 2.26. The third-order valence-corrected chi connectivity index (χ3v) is 5.13. The summed E-state index contributed by atoms with van der Waals surface area (Å²) in [7, 11) is 0. The van der Waals surface area contributed by atoms with Crippen molar-refractivity contribution in [1.29, 1.82) is 0 Å². The topological polar surface area (TPSA) is 51.9 Å². The highest BCUT2D eigenvalue weighted by atomic mass is 32.1. The second-order valence-corrected chi connectivity index (χ2v) is 7.03. The standard InChI is InChI=1S/C14H17N3OS2/c1-8-5-10(20-9(8)2)6-17-4-3-11-12(7-17)15-14(19)16-13(11)18/h5H,3-4,6-7H2,1-2H3,(H2,15,16,18,19). The first-order chi connectivity index (χ1) is 9.52. The molecule has 3 rings (SSSR count). The van der Waals surface area contributed by atoms with Crippen LogP contribution in [-0.2, 0) is 19.5 Å². The lowest BCUT2D eigenvalue weighted by Gasteiger charge is -2.27. The van der Waals surface area contributed by atoms with E-state index in [4.69, 9.17) is 12.2 Å². The highest BCUT2D eigenvalue weighted by molar-refractivity contribution is 7.71. The SMILES string of the molecule is Cc1cc(CN2CCc3c([nH]c(=S)[nH]c3=O)C2)sc1C. The van der Waals surface area contributed by atoms with Gasteiger partial charge in [0.15, 0.2) is 4.77 Å². The molecule has 0 amide bonds. The van der Waals surface area contributed by atoms with Gasteiger partial charge in [-0.05, 0) is 44.1 Å². The number of nitrogens with zero attached hydrogens (tertiary/aromatic N) is 1. The van der Waals surface area contributed by atoms with Crippen LogP contribution in [0.2, 0.25) is 0 Å². The lowest BCUT2D eigenvalue weighted by atomic mass is 10.1. The lowest BCUT2D eigenvalue weighted by Crippen LogP contribution is -2.34. The van der Waals surface area contributed by atoms with Gasteiger partial charge in [-0.2, -0.15) is 0 Å². The van der Waals surface area contributed by atoms with Crippen LogP contribution in [0.4, 0.5) is 0 Å². The first kappa shape index (κ1) is 13.7. The van der Waals surface area contributed by atoms with E-state index in [1.54, 1.807) is 0 Å². The number of thiophene rings is 1. The molecule has 2 aromatic rings. The second kappa shape index (κ2) is 5.27. The average Bonchev–Trinajstić information content (AvgIpc) is 2.67. The highest BCUT2D eigenvalue weighted by Gasteiger charge is 2.20. The normalized spacial score (nSPS) is 15.3. The highest BCUT2D eigenvalue weighted by Crippen LogP contribution is 2.24. The molecule has 0 bridgehead atoms. The molecular formula is C14H17N3OS2. The van der Waals surface area contributed by atoms with Gasteiger partial charge < -0.3 is 4.98 Å². The summed E-state index contributed by atoms with van der Waals surface area (Å²) in [6.07, 6.45) is 0.778. The molecule has 1 aliphatic rings.